The minimum Gasteiger partial charge on any atom is -0.314 e. The van der Waals surface area contributed by atoms with Crippen LogP contribution in [0.15, 0.2) is 70.3 Å². The average molecular weight is 452 g/mol. The topological polar surface area (TPSA) is 28.2 Å². The van der Waals surface area contributed by atoms with Crippen molar-refractivity contribution in [1.29, 1.82) is 0 Å². The predicted molar refractivity (Wildman–Crippen MR) is 118 cm³/mol. The van der Waals surface area contributed by atoms with Crippen LogP contribution in [0, 0.1) is 12.1 Å². The molecule has 0 spiro atoms. The highest BCUT2D eigenvalue weighted by Crippen LogP contribution is 2.40. The second-order valence-electron chi connectivity index (χ2n) is 6.79. The zero-order chi connectivity index (χ0) is 19.2. The molecule has 5 heteroatoms. The van der Waals surface area contributed by atoms with Crippen LogP contribution in [-0.4, -0.2) is 36.1 Å². The molecular formula is C23H22BrN3S. The zero-order valence-electron chi connectivity index (χ0n) is 15.6. The van der Waals surface area contributed by atoms with Gasteiger partial charge in [0.25, 0.3) is 0 Å². The molecule has 4 rings (SSSR count). The smallest absolute Gasteiger partial charge is 0.101 e. The molecule has 0 saturated carbocycles. The van der Waals surface area contributed by atoms with Crippen molar-refractivity contribution in [2.45, 2.75) is 16.8 Å². The molecule has 0 amide bonds. The number of rotatable bonds is 6. The molecule has 1 aliphatic heterocycles. The fourth-order valence-electron chi connectivity index (χ4n) is 3.34. The molecule has 142 valence electrons. The molecule has 1 atom stereocenters. The van der Waals surface area contributed by atoms with Crippen molar-refractivity contribution in [3.05, 3.63) is 94.1 Å². The van der Waals surface area contributed by atoms with E-state index in [9.17, 15) is 0 Å². The molecule has 1 fully saturated rings. The van der Waals surface area contributed by atoms with Gasteiger partial charge in [0.1, 0.15) is 5.03 Å². The summed E-state index contributed by atoms with van der Waals surface area (Å²) in [5.41, 5.74) is 3.65. The van der Waals surface area contributed by atoms with Crippen molar-refractivity contribution in [1.82, 2.24) is 15.2 Å². The zero-order valence-corrected chi connectivity index (χ0v) is 18.0. The van der Waals surface area contributed by atoms with Gasteiger partial charge in [-0.25, -0.2) is 4.98 Å². The Morgan fingerprint density at radius 3 is 2.68 bits per heavy atom. The number of thioether (sulfide) groups is 1. The molecule has 2 aromatic carbocycles. The highest BCUT2D eigenvalue weighted by atomic mass is 79.9. The van der Waals surface area contributed by atoms with Crippen molar-refractivity contribution < 1.29 is 0 Å². The number of hydrogen-bond donors (Lipinski definition) is 1. The van der Waals surface area contributed by atoms with Gasteiger partial charge >= 0.3 is 0 Å². The number of hydrogen-bond acceptors (Lipinski definition) is 4. The fourth-order valence-corrected chi connectivity index (χ4v) is 4.79. The Labute approximate surface area is 179 Å². The third-order valence-electron chi connectivity index (χ3n) is 4.81. The molecule has 1 unspecified atom stereocenters. The lowest BCUT2D eigenvalue weighted by Crippen LogP contribution is -2.43. The molecule has 3 nitrogen and oxygen atoms in total. The average Bonchev–Trinajstić information content (AvgIpc) is 2.75. The number of benzene rings is 1. The Balaban J connectivity index is 1.62. The number of nitrogens with one attached hydrogen (secondary N) is 1. The van der Waals surface area contributed by atoms with E-state index < -0.39 is 0 Å². The molecule has 2 heterocycles. The largest absolute Gasteiger partial charge is 0.314 e. The van der Waals surface area contributed by atoms with Gasteiger partial charge in [0.05, 0.1) is 5.25 Å². The van der Waals surface area contributed by atoms with E-state index in [4.69, 9.17) is 4.98 Å². The normalized spacial score (nSPS) is 15.8. The number of pyridine rings is 1. The van der Waals surface area contributed by atoms with Crippen molar-refractivity contribution >= 4 is 27.7 Å². The predicted octanol–water partition coefficient (Wildman–Crippen LogP) is 4.73. The molecule has 0 radical (unpaired) electrons. The van der Waals surface area contributed by atoms with Gasteiger partial charge in [0.2, 0.25) is 0 Å². The Bertz CT molecular complexity index is 880. The Kier molecular flexibility index (Phi) is 6.66. The minimum atomic E-state index is 0.127. The lowest BCUT2D eigenvalue weighted by Gasteiger charge is -2.28. The molecule has 1 N–H and O–H groups in total. The van der Waals surface area contributed by atoms with Crippen LogP contribution >= 0.6 is 27.7 Å². The van der Waals surface area contributed by atoms with Crippen LogP contribution in [0.4, 0.5) is 0 Å². The van der Waals surface area contributed by atoms with E-state index in [0.29, 0.717) is 0 Å². The van der Waals surface area contributed by atoms with Crippen LogP contribution in [0.5, 0.6) is 0 Å². The van der Waals surface area contributed by atoms with Gasteiger partial charge in [-0.3, -0.25) is 4.90 Å². The van der Waals surface area contributed by atoms with Gasteiger partial charge in [-0.15, -0.1) is 0 Å². The molecule has 1 saturated heterocycles. The summed E-state index contributed by atoms with van der Waals surface area (Å²) in [5, 5.41) is 4.64. The van der Waals surface area contributed by atoms with E-state index in [1.165, 1.54) is 11.1 Å². The molecule has 0 bridgehead atoms. The second-order valence-corrected chi connectivity index (χ2v) is 8.80. The SMILES string of the molecule is Brc1ccc(C(Sc2ncccc2CN2CCNCC2)c2c#cccc2)cc1. The number of halogens is 1. The van der Waals surface area contributed by atoms with E-state index in [0.717, 1.165) is 47.8 Å². The number of piperazine rings is 1. The first kappa shape index (κ1) is 19.5. The first-order chi connectivity index (χ1) is 13.8. The first-order valence-electron chi connectivity index (χ1n) is 9.47. The van der Waals surface area contributed by atoms with Crippen molar-refractivity contribution in [3.8, 4) is 0 Å². The maximum Gasteiger partial charge on any atom is 0.101 e. The third kappa shape index (κ3) is 4.95. The molecule has 28 heavy (non-hydrogen) atoms. The lowest BCUT2D eigenvalue weighted by molar-refractivity contribution is 0.231. The molecule has 1 aromatic heterocycles. The van der Waals surface area contributed by atoms with E-state index in [1.54, 1.807) is 11.8 Å². The Morgan fingerprint density at radius 2 is 1.93 bits per heavy atom. The summed E-state index contributed by atoms with van der Waals surface area (Å²) in [7, 11) is 0. The highest BCUT2D eigenvalue weighted by molar-refractivity contribution is 9.10. The van der Waals surface area contributed by atoms with Gasteiger partial charge in [-0.1, -0.05) is 64.1 Å². The van der Waals surface area contributed by atoms with E-state index in [1.807, 2.05) is 24.4 Å². The van der Waals surface area contributed by atoms with Crippen LogP contribution in [0.25, 0.3) is 0 Å². The van der Waals surface area contributed by atoms with E-state index >= 15 is 0 Å². The number of nitrogens with zero attached hydrogens (tertiary/aromatic N) is 2. The van der Waals surface area contributed by atoms with Gasteiger partial charge in [0.15, 0.2) is 0 Å². The standard InChI is InChI=1S/C23H22BrN3S/c24-21-10-8-19(9-11-21)22(18-5-2-1-3-6-18)28-23-20(7-4-12-26-23)17-27-15-13-25-14-16-27/h1-2,4-5,7-12,22,25H,13-17H2. The molecule has 1 aliphatic rings. The summed E-state index contributed by atoms with van der Waals surface area (Å²) in [6.45, 7) is 5.21. The van der Waals surface area contributed by atoms with Gasteiger partial charge in [0, 0.05) is 49.0 Å². The maximum absolute atomic E-state index is 4.74. The summed E-state index contributed by atoms with van der Waals surface area (Å²) >= 11 is 5.34. The monoisotopic (exact) mass is 451 g/mol. The van der Waals surface area contributed by atoms with Crippen molar-refractivity contribution in [3.63, 3.8) is 0 Å². The van der Waals surface area contributed by atoms with Crippen LogP contribution < -0.4 is 5.32 Å². The quantitative estimate of drug-likeness (QED) is 0.548. The van der Waals surface area contributed by atoms with Crippen LogP contribution in [-0.2, 0) is 6.54 Å². The van der Waals surface area contributed by atoms with Crippen molar-refractivity contribution in [2.24, 2.45) is 0 Å². The third-order valence-corrected chi connectivity index (χ3v) is 6.69. The Morgan fingerprint density at radius 1 is 1.11 bits per heavy atom. The number of aromatic nitrogens is 1. The maximum atomic E-state index is 4.74. The summed E-state index contributed by atoms with van der Waals surface area (Å²) in [5.74, 6) is 0. The molecule has 0 aliphatic carbocycles. The van der Waals surface area contributed by atoms with Crippen LogP contribution in [0.3, 0.4) is 0 Å². The van der Waals surface area contributed by atoms with Gasteiger partial charge in [-0.05, 0) is 41.5 Å². The van der Waals surface area contributed by atoms with Crippen LogP contribution in [0.1, 0.15) is 21.9 Å². The highest BCUT2D eigenvalue weighted by Gasteiger charge is 2.20. The first-order valence-corrected chi connectivity index (χ1v) is 11.1. The van der Waals surface area contributed by atoms with Gasteiger partial charge < -0.3 is 5.32 Å². The minimum absolute atomic E-state index is 0.127. The Hall–Kier alpha value is -1.84. The molecular weight excluding hydrogens is 430 g/mol. The summed E-state index contributed by atoms with van der Waals surface area (Å²) in [6.07, 6.45) is 1.89. The second kappa shape index (κ2) is 9.58. The summed E-state index contributed by atoms with van der Waals surface area (Å²) in [6, 6.07) is 25.2. The van der Waals surface area contributed by atoms with Crippen LogP contribution in [0.2, 0.25) is 0 Å². The van der Waals surface area contributed by atoms with Gasteiger partial charge in [-0.2, -0.15) is 0 Å². The van der Waals surface area contributed by atoms with E-state index in [-0.39, 0.29) is 5.25 Å². The van der Waals surface area contributed by atoms with Crippen molar-refractivity contribution in [2.75, 3.05) is 26.2 Å². The lowest BCUT2D eigenvalue weighted by atomic mass is 10.1. The fraction of sp³-hybridized carbons (Fsp3) is 0.261. The summed E-state index contributed by atoms with van der Waals surface area (Å²) < 4.78 is 1.08. The van der Waals surface area contributed by atoms with E-state index in [2.05, 4.69) is 74.7 Å². The molecule has 3 aromatic rings. The summed E-state index contributed by atoms with van der Waals surface area (Å²) in [4.78, 5) is 7.23.